The van der Waals surface area contributed by atoms with Gasteiger partial charge >= 0.3 is 0 Å². The highest BCUT2D eigenvalue weighted by Crippen LogP contribution is 2.09. The van der Waals surface area contributed by atoms with Gasteiger partial charge in [-0.1, -0.05) is 6.07 Å². The molecule has 0 atom stereocenters. The maximum atomic E-state index is 12.8. The van der Waals surface area contributed by atoms with E-state index in [4.69, 9.17) is 5.73 Å². The molecule has 0 aromatic heterocycles. The lowest BCUT2D eigenvalue weighted by Gasteiger charge is -2.07. The third-order valence-electron chi connectivity index (χ3n) is 2.40. The number of primary amides is 1. The van der Waals surface area contributed by atoms with Crippen LogP contribution in [0.15, 0.2) is 18.2 Å². The molecular weight excluding hydrogens is 207 g/mol. The minimum absolute atomic E-state index is 0.213. The summed E-state index contributed by atoms with van der Waals surface area (Å²) in [6, 6.07) is 4.74. The monoisotopic (exact) mass is 224 g/mol. The molecule has 1 amide bonds. The van der Waals surface area contributed by atoms with Crippen LogP contribution in [-0.4, -0.2) is 12.5 Å². The van der Waals surface area contributed by atoms with Crippen LogP contribution in [0, 0.1) is 12.7 Å². The summed E-state index contributed by atoms with van der Waals surface area (Å²) in [7, 11) is 0. The molecule has 4 heteroatoms. The zero-order valence-corrected chi connectivity index (χ0v) is 9.42. The largest absolute Gasteiger partial charge is 0.370 e. The first kappa shape index (κ1) is 12.6. The molecular formula is C12H17FN2O. The average molecular weight is 224 g/mol. The normalized spacial score (nSPS) is 10.4. The van der Waals surface area contributed by atoms with E-state index in [1.165, 1.54) is 12.1 Å². The second-order valence-electron chi connectivity index (χ2n) is 3.82. The Morgan fingerprint density at radius 3 is 2.88 bits per heavy atom. The number of carbonyl (C=O) groups is 1. The molecule has 0 heterocycles. The smallest absolute Gasteiger partial charge is 0.217 e. The van der Waals surface area contributed by atoms with Crippen molar-refractivity contribution in [3.63, 3.8) is 0 Å². The molecule has 88 valence electrons. The van der Waals surface area contributed by atoms with Crippen molar-refractivity contribution in [3.05, 3.63) is 35.1 Å². The van der Waals surface area contributed by atoms with Crippen molar-refractivity contribution in [1.29, 1.82) is 0 Å². The van der Waals surface area contributed by atoms with Gasteiger partial charge in [0.2, 0.25) is 5.91 Å². The van der Waals surface area contributed by atoms with Crippen molar-refractivity contribution in [1.82, 2.24) is 5.32 Å². The van der Waals surface area contributed by atoms with Gasteiger partial charge in [0.15, 0.2) is 0 Å². The molecule has 0 fully saturated rings. The predicted molar refractivity (Wildman–Crippen MR) is 61.3 cm³/mol. The number of amides is 1. The van der Waals surface area contributed by atoms with E-state index in [-0.39, 0.29) is 11.7 Å². The van der Waals surface area contributed by atoms with Gasteiger partial charge < -0.3 is 11.1 Å². The van der Waals surface area contributed by atoms with E-state index in [1.807, 2.05) is 6.92 Å². The minimum Gasteiger partial charge on any atom is -0.370 e. The van der Waals surface area contributed by atoms with Crippen LogP contribution >= 0.6 is 0 Å². The van der Waals surface area contributed by atoms with E-state index in [0.29, 0.717) is 13.0 Å². The van der Waals surface area contributed by atoms with E-state index < -0.39 is 0 Å². The van der Waals surface area contributed by atoms with Gasteiger partial charge in [-0.05, 0) is 43.1 Å². The first-order valence-corrected chi connectivity index (χ1v) is 5.33. The fourth-order valence-corrected chi connectivity index (χ4v) is 1.47. The van der Waals surface area contributed by atoms with Crippen molar-refractivity contribution in [2.24, 2.45) is 5.73 Å². The van der Waals surface area contributed by atoms with Crippen LogP contribution < -0.4 is 11.1 Å². The maximum absolute atomic E-state index is 12.8. The highest BCUT2D eigenvalue weighted by molar-refractivity contribution is 5.73. The molecule has 16 heavy (non-hydrogen) atoms. The fourth-order valence-electron chi connectivity index (χ4n) is 1.47. The summed E-state index contributed by atoms with van der Waals surface area (Å²) >= 11 is 0. The van der Waals surface area contributed by atoms with E-state index in [0.717, 1.165) is 24.1 Å². The van der Waals surface area contributed by atoms with Gasteiger partial charge in [-0.2, -0.15) is 0 Å². The van der Waals surface area contributed by atoms with E-state index >= 15 is 0 Å². The Balaban J connectivity index is 2.29. The van der Waals surface area contributed by atoms with Gasteiger partial charge in [-0.25, -0.2) is 4.39 Å². The molecule has 0 spiro atoms. The third-order valence-corrected chi connectivity index (χ3v) is 2.40. The Hall–Kier alpha value is -1.42. The molecule has 0 aliphatic heterocycles. The van der Waals surface area contributed by atoms with Crippen LogP contribution in [0.1, 0.15) is 24.0 Å². The highest BCUT2D eigenvalue weighted by Gasteiger charge is 1.99. The molecule has 1 rings (SSSR count). The molecule has 3 nitrogen and oxygen atoms in total. The predicted octanol–water partition coefficient (Wildman–Crippen LogP) is 1.49. The van der Waals surface area contributed by atoms with Crippen molar-refractivity contribution in [3.8, 4) is 0 Å². The Morgan fingerprint density at radius 2 is 2.25 bits per heavy atom. The first-order chi connectivity index (χ1) is 7.59. The second kappa shape index (κ2) is 6.23. The molecule has 0 aliphatic rings. The number of carbonyl (C=O) groups excluding carboxylic acids is 1. The Morgan fingerprint density at radius 1 is 1.50 bits per heavy atom. The number of aryl methyl sites for hydroxylation is 1. The van der Waals surface area contributed by atoms with Crippen LogP contribution in [0.25, 0.3) is 0 Å². The number of halogens is 1. The molecule has 0 unspecified atom stereocenters. The molecule has 1 aromatic carbocycles. The molecule has 3 N–H and O–H groups in total. The lowest BCUT2D eigenvalue weighted by molar-refractivity contribution is -0.118. The Kier molecular flexibility index (Phi) is 4.92. The summed E-state index contributed by atoms with van der Waals surface area (Å²) in [5.41, 5.74) is 7.02. The zero-order valence-electron chi connectivity index (χ0n) is 9.42. The summed E-state index contributed by atoms with van der Waals surface area (Å²) in [4.78, 5) is 10.5. The Bertz CT molecular complexity index is 366. The maximum Gasteiger partial charge on any atom is 0.217 e. The fraction of sp³-hybridized carbons (Fsp3) is 0.417. The molecule has 0 aliphatic carbocycles. The number of rotatable bonds is 6. The second-order valence-corrected chi connectivity index (χ2v) is 3.82. The lowest BCUT2D eigenvalue weighted by atomic mass is 10.1. The quantitative estimate of drug-likeness (QED) is 0.719. The van der Waals surface area contributed by atoms with Gasteiger partial charge in [0.25, 0.3) is 0 Å². The number of hydrogen-bond acceptors (Lipinski definition) is 2. The van der Waals surface area contributed by atoms with Crippen LogP contribution in [0.4, 0.5) is 4.39 Å². The SMILES string of the molecule is Cc1cc(F)ccc1CNCCCC(N)=O. The van der Waals surface area contributed by atoms with Crippen molar-refractivity contribution in [2.75, 3.05) is 6.54 Å². The lowest BCUT2D eigenvalue weighted by Crippen LogP contribution is -2.18. The van der Waals surface area contributed by atoms with Crippen LogP contribution in [0.2, 0.25) is 0 Å². The van der Waals surface area contributed by atoms with Gasteiger partial charge in [0.1, 0.15) is 5.82 Å². The summed E-state index contributed by atoms with van der Waals surface area (Å²) in [6.45, 7) is 3.30. The van der Waals surface area contributed by atoms with Gasteiger partial charge in [0.05, 0.1) is 0 Å². The van der Waals surface area contributed by atoms with E-state index in [9.17, 15) is 9.18 Å². The molecule has 0 saturated heterocycles. The number of hydrogen-bond donors (Lipinski definition) is 2. The average Bonchev–Trinajstić information content (AvgIpc) is 2.20. The van der Waals surface area contributed by atoms with Crippen LogP contribution in [-0.2, 0) is 11.3 Å². The van der Waals surface area contributed by atoms with Crippen molar-refractivity contribution >= 4 is 5.91 Å². The molecule has 0 bridgehead atoms. The number of nitrogens with two attached hydrogens (primary N) is 1. The van der Waals surface area contributed by atoms with Gasteiger partial charge in [0, 0.05) is 13.0 Å². The minimum atomic E-state index is -0.278. The number of benzene rings is 1. The van der Waals surface area contributed by atoms with Crippen molar-refractivity contribution < 1.29 is 9.18 Å². The summed E-state index contributed by atoms with van der Waals surface area (Å²) in [5, 5.41) is 3.19. The van der Waals surface area contributed by atoms with Crippen LogP contribution in [0.3, 0.4) is 0 Å². The standard InChI is InChI=1S/C12H17FN2O/c1-9-7-11(13)5-4-10(9)8-15-6-2-3-12(14)16/h4-5,7,15H,2-3,6,8H2,1H3,(H2,14,16). The third kappa shape index (κ3) is 4.40. The molecule has 1 aromatic rings. The van der Waals surface area contributed by atoms with Gasteiger partial charge in [-0.15, -0.1) is 0 Å². The summed E-state index contributed by atoms with van der Waals surface area (Å²) in [6.07, 6.45) is 1.13. The van der Waals surface area contributed by atoms with E-state index in [2.05, 4.69) is 5.32 Å². The van der Waals surface area contributed by atoms with Crippen molar-refractivity contribution in [2.45, 2.75) is 26.3 Å². The summed E-state index contributed by atoms with van der Waals surface area (Å²) in [5.74, 6) is -0.491. The molecule has 0 radical (unpaired) electrons. The summed E-state index contributed by atoms with van der Waals surface area (Å²) < 4.78 is 12.8. The number of nitrogens with one attached hydrogen (secondary N) is 1. The van der Waals surface area contributed by atoms with Crippen LogP contribution in [0.5, 0.6) is 0 Å². The first-order valence-electron chi connectivity index (χ1n) is 5.33. The Labute approximate surface area is 94.8 Å². The topological polar surface area (TPSA) is 55.1 Å². The van der Waals surface area contributed by atoms with Gasteiger partial charge in [-0.3, -0.25) is 4.79 Å². The molecule has 0 saturated carbocycles. The highest BCUT2D eigenvalue weighted by atomic mass is 19.1. The zero-order chi connectivity index (χ0) is 12.0. The van der Waals surface area contributed by atoms with E-state index in [1.54, 1.807) is 6.07 Å².